The van der Waals surface area contributed by atoms with Gasteiger partial charge in [0.25, 0.3) is 0 Å². The predicted molar refractivity (Wildman–Crippen MR) is 111 cm³/mol. The van der Waals surface area contributed by atoms with Crippen molar-refractivity contribution >= 4 is 17.0 Å². The van der Waals surface area contributed by atoms with Crippen molar-refractivity contribution in [2.75, 3.05) is 0 Å². The predicted octanol–water partition coefficient (Wildman–Crippen LogP) is 8.53. The Balaban J connectivity index is 2.09. The van der Waals surface area contributed by atoms with Gasteiger partial charge >= 0.3 is 160 Å². The average molecular weight is 461 g/mol. The van der Waals surface area contributed by atoms with Gasteiger partial charge in [-0.05, 0) is 0 Å². The molecule has 1 atom stereocenters. The van der Waals surface area contributed by atoms with Gasteiger partial charge in [0.1, 0.15) is 0 Å². The minimum absolute atomic E-state index is 0.144. The second-order valence-corrected chi connectivity index (χ2v) is 40.8. The molecule has 1 aliphatic heterocycles. The molecule has 1 saturated heterocycles. The first-order valence-corrected chi connectivity index (χ1v) is 21.9. The van der Waals surface area contributed by atoms with E-state index in [2.05, 4.69) is 73.6 Å². The Hall–Kier alpha value is 0.423. The van der Waals surface area contributed by atoms with Crippen LogP contribution in [0.5, 0.6) is 0 Å². The molecule has 0 nitrogen and oxygen atoms in total. The molecule has 0 spiro atoms. The van der Waals surface area contributed by atoms with Crippen LogP contribution in [0, 0.1) is 16.7 Å². The Bertz CT molecular complexity index is 781. The topological polar surface area (TPSA) is 0 Å². The van der Waals surface area contributed by atoms with Crippen LogP contribution in [0.3, 0.4) is 0 Å². The normalized spacial score (nSPS) is 32.9. The van der Waals surface area contributed by atoms with E-state index in [4.69, 9.17) is 17.0 Å². The van der Waals surface area contributed by atoms with Gasteiger partial charge in [-0.2, -0.15) is 0 Å². The summed E-state index contributed by atoms with van der Waals surface area (Å²) in [5.74, 6) is 0.364. The molecule has 25 heavy (non-hydrogen) atoms. The first-order valence-electron chi connectivity index (χ1n) is 9.68. The molecule has 0 bridgehead atoms. The van der Waals surface area contributed by atoms with Gasteiger partial charge in [0.2, 0.25) is 0 Å². The van der Waals surface area contributed by atoms with Crippen LogP contribution in [0.2, 0.25) is 8.26 Å². The van der Waals surface area contributed by atoms with E-state index in [1.54, 1.807) is 0 Å². The molecule has 140 valence electrons. The molecular formula is C22H34Cl2Zr. The van der Waals surface area contributed by atoms with E-state index < -0.39 is 14.9 Å². The zero-order chi connectivity index (χ0) is 19.1. The molecule has 1 heterocycles. The first-order chi connectivity index (χ1) is 11.0. The zero-order valence-corrected chi connectivity index (χ0v) is 21.2. The molecule has 3 heteroatoms. The van der Waals surface area contributed by atoms with Crippen LogP contribution < -0.4 is 0 Å². The summed E-state index contributed by atoms with van der Waals surface area (Å²) in [7, 11) is 15.5. The number of rotatable bonds is 2. The third kappa shape index (κ3) is 2.87. The van der Waals surface area contributed by atoms with E-state index >= 15 is 0 Å². The van der Waals surface area contributed by atoms with E-state index in [0.717, 1.165) is 14.7 Å². The zero-order valence-electron chi connectivity index (χ0n) is 17.2. The van der Waals surface area contributed by atoms with Crippen LogP contribution in [-0.2, 0) is 14.9 Å². The van der Waals surface area contributed by atoms with Gasteiger partial charge in [-0.25, -0.2) is 0 Å². The van der Waals surface area contributed by atoms with Gasteiger partial charge in [-0.15, -0.1) is 0 Å². The Morgan fingerprint density at radius 3 is 1.88 bits per heavy atom. The second-order valence-electron chi connectivity index (χ2n) is 11.1. The maximum atomic E-state index is 7.77. The quantitative estimate of drug-likeness (QED) is 0.387. The third-order valence-electron chi connectivity index (χ3n) is 7.00. The molecule has 0 aromatic rings. The van der Waals surface area contributed by atoms with Crippen molar-refractivity contribution in [3.63, 3.8) is 0 Å². The van der Waals surface area contributed by atoms with Gasteiger partial charge in [-0.3, -0.25) is 0 Å². The SMILES string of the molecule is CC1=[C]([Zr]2([Cl])([Cl])([C]3=CC(C(C)(C)C)=CC3C)[CH2][CH2]2)CC(C(C)(C)C)=C1. The Kier molecular flexibility index (Phi) is 4.09. The molecule has 0 amide bonds. The standard InChI is InChI=1S/2C10H15.C2H4.2ClH.Zr/c2*1-8-5-6-9(7-8)10(2,3)4;1-2;;;/h7H,6H2,1-4H3;6-8H,1-4H3;1-2H2;2*1H;/q;;;;;+2/p-2. The number of allylic oxidation sites excluding steroid dienone is 8. The third-order valence-corrected chi connectivity index (χ3v) is 32.9. The van der Waals surface area contributed by atoms with Gasteiger partial charge < -0.3 is 0 Å². The van der Waals surface area contributed by atoms with Crippen molar-refractivity contribution in [1.82, 2.24) is 0 Å². The van der Waals surface area contributed by atoms with Crippen molar-refractivity contribution < 1.29 is 14.9 Å². The molecule has 3 rings (SSSR count). The molecule has 1 fully saturated rings. The van der Waals surface area contributed by atoms with Crippen LogP contribution in [0.4, 0.5) is 0 Å². The van der Waals surface area contributed by atoms with Gasteiger partial charge in [0.05, 0.1) is 0 Å². The van der Waals surface area contributed by atoms with Crippen LogP contribution >= 0.6 is 17.0 Å². The van der Waals surface area contributed by atoms with E-state index in [-0.39, 0.29) is 10.8 Å². The van der Waals surface area contributed by atoms with Crippen molar-refractivity contribution in [1.29, 1.82) is 0 Å². The fraction of sp³-hybridized carbons (Fsp3) is 0.636. The molecule has 3 aliphatic rings. The number of hydrogen-bond donors (Lipinski definition) is 0. The summed E-state index contributed by atoms with van der Waals surface area (Å²) < 4.78 is 4.86. The summed E-state index contributed by atoms with van der Waals surface area (Å²) in [6.07, 6.45) is 8.15. The van der Waals surface area contributed by atoms with Crippen molar-refractivity contribution in [2.45, 2.75) is 70.1 Å². The Morgan fingerprint density at radius 1 is 0.960 bits per heavy atom. The molecule has 0 saturated carbocycles. The van der Waals surface area contributed by atoms with Gasteiger partial charge in [-0.1, -0.05) is 0 Å². The summed E-state index contributed by atoms with van der Waals surface area (Å²) in [4.78, 5) is 0. The monoisotopic (exact) mass is 458 g/mol. The average Bonchev–Trinajstić information content (AvgIpc) is 2.79. The van der Waals surface area contributed by atoms with E-state index in [0.29, 0.717) is 5.92 Å². The maximum absolute atomic E-state index is 7.77. The first kappa shape index (κ1) is 20.2. The second kappa shape index (κ2) is 5.07. The van der Waals surface area contributed by atoms with E-state index in [9.17, 15) is 0 Å². The van der Waals surface area contributed by atoms with Gasteiger partial charge in [0.15, 0.2) is 0 Å². The Morgan fingerprint density at radius 2 is 1.52 bits per heavy atom. The molecule has 0 radical (unpaired) electrons. The summed E-state index contributed by atoms with van der Waals surface area (Å²) in [5, 5.41) is 0. The van der Waals surface area contributed by atoms with Crippen LogP contribution in [0.25, 0.3) is 0 Å². The van der Waals surface area contributed by atoms with Crippen molar-refractivity contribution in [3.8, 4) is 0 Å². The molecule has 2 aliphatic carbocycles. The van der Waals surface area contributed by atoms with Gasteiger partial charge in [0, 0.05) is 0 Å². The summed E-state index contributed by atoms with van der Waals surface area (Å²) in [6, 6.07) is 0. The minimum atomic E-state index is -4.53. The summed E-state index contributed by atoms with van der Waals surface area (Å²) >= 11 is -4.53. The van der Waals surface area contributed by atoms with Crippen LogP contribution in [0.1, 0.15) is 61.8 Å². The van der Waals surface area contributed by atoms with E-state index in [1.165, 1.54) is 23.3 Å². The molecule has 1 unspecified atom stereocenters. The van der Waals surface area contributed by atoms with Crippen molar-refractivity contribution in [3.05, 3.63) is 41.5 Å². The Labute approximate surface area is 159 Å². The fourth-order valence-electron chi connectivity index (χ4n) is 4.93. The summed E-state index contributed by atoms with van der Waals surface area (Å²) in [6.45, 7) is 18.2. The molecule has 0 N–H and O–H groups in total. The summed E-state index contributed by atoms with van der Waals surface area (Å²) in [5.41, 5.74) is 4.55. The van der Waals surface area contributed by atoms with Crippen LogP contribution in [-0.4, -0.2) is 0 Å². The van der Waals surface area contributed by atoms with Crippen LogP contribution in [0.15, 0.2) is 41.5 Å². The number of halogens is 2. The molecular weight excluding hydrogens is 426 g/mol. The van der Waals surface area contributed by atoms with Crippen molar-refractivity contribution in [2.24, 2.45) is 16.7 Å². The molecule has 0 aromatic carbocycles. The fourth-order valence-corrected chi connectivity index (χ4v) is 36.9. The van der Waals surface area contributed by atoms with E-state index in [1.807, 2.05) is 0 Å². The molecule has 0 aromatic heterocycles. The number of hydrogen-bond acceptors (Lipinski definition) is 0.